The third-order valence-electron chi connectivity index (χ3n) is 10.2. The first-order chi connectivity index (χ1) is 25.3. The van der Waals surface area contributed by atoms with Crippen molar-refractivity contribution in [3.63, 3.8) is 0 Å². The molecule has 270 valence electrons. The highest BCUT2D eigenvalue weighted by Crippen LogP contribution is 2.43. The SMILES string of the molecule is COc1cc2c(cc1CNCC1CCC(=O)N1)CCC2=Cc1cccc(-c2cccc(-c3ccc(CNCC4CCC(=O)N4)c(OC)n3)c2Cl)c1Cl. The maximum atomic E-state index is 11.6. The maximum Gasteiger partial charge on any atom is 0.220 e. The van der Waals surface area contributed by atoms with Gasteiger partial charge in [0, 0.05) is 78.9 Å². The Bertz CT molecular complexity index is 2030. The lowest BCUT2D eigenvalue weighted by atomic mass is 9.97. The number of ether oxygens (including phenoxy) is 2. The topological polar surface area (TPSA) is 114 Å². The summed E-state index contributed by atoms with van der Waals surface area (Å²) >= 11 is 14.3. The molecule has 2 unspecified atom stereocenters. The highest BCUT2D eigenvalue weighted by Gasteiger charge is 2.24. The van der Waals surface area contributed by atoms with Crippen LogP contribution in [-0.2, 0) is 29.1 Å². The van der Waals surface area contributed by atoms with Crippen molar-refractivity contribution in [1.29, 1.82) is 0 Å². The standard InChI is InChI=1S/C41H43Cl2N5O4/c1-51-36-19-34-24(9-10-25(34)18-28(36)21-45-23-30-13-16-38(50)47-30)17-26-5-3-6-31(39(26)42)32-7-4-8-33(40(32)43)35-14-11-27(41(48-35)52-2)20-44-22-29-12-15-37(49)46-29/h3-8,11,14,17-19,29-30,44-45H,9-10,12-13,15-16,20-23H2,1-2H3,(H,46,49)(H,47,50). The van der Waals surface area contributed by atoms with Gasteiger partial charge in [0.15, 0.2) is 0 Å². The Balaban J connectivity index is 1.09. The van der Waals surface area contributed by atoms with Crippen LogP contribution in [-0.4, -0.2) is 56.2 Å². The number of amides is 2. The largest absolute Gasteiger partial charge is 0.496 e. The zero-order valence-electron chi connectivity index (χ0n) is 29.4. The van der Waals surface area contributed by atoms with E-state index in [4.69, 9.17) is 37.7 Å². The summed E-state index contributed by atoms with van der Waals surface area (Å²) in [5.41, 5.74) is 9.74. The number of aryl methyl sites for hydroxylation is 1. The molecule has 2 amide bonds. The lowest BCUT2D eigenvalue weighted by Gasteiger charge is -2.16. The van der Waals surface area contributed by atoms with Crippen LogP contribution in [0.4, 0.5) is 0 Å². The van der Waals surface area contributed by atoms with Crippen LogP contribution in [0.3, 0.4) is 0 Å². The summed E-state index contributed by atoms with van der Waals surface area (Å²) in [6.45, 7) is 2.65. The Hall–Kier alpha value is -4.41. The number of nitrogens with zero attached hydrogens (tertiary/aromatic N) is 1. The highest BCUT2D eigenvalue weighted by atomic mass is 35.5. The van der Waals surface area contributed by atoms with Crippen LogP contribution in [0, 0.1) is 0 Å². The van der Waals surface area contributed by atoms with Crippen LogP contribution >= 0.6 is 23.2 Å². The van der Waals surface area contributed by atoms with Crippen LogP contribution in [0.1, 0.15) is 59.9 Å². The number of methoxy groups -OCH3 is 2. The minimum Gasteiger partial charge on any atom is -0.496 e. The third kappa shape index (κ3) is 7.83. The molecule has 52 heavy (non-hydrogen) atoms. The molecule has 2 aliphatic heterocycles. The van der Waals surface area contributed by atoms with Gasteiger partial charge in [-0.25, -0.2) is 4.98 Å². The minimum atomic E-state index is 0.105. The van der Waals surface area contributed by atoms with Gasteiger partial charge in [-0.3, -0.25) is 9.59 Å². The van der Waals surface area contributed by atoms with E-state index in [0.717, 1.165) is 71.4 Å². The summed E-state index contributed by atoms with van der Waals surface area (Å²) in [4.78, 5) is 27.9. The lowest BCUT2D eigenvalue weighted by Crippen LogP contribution is -2.35. The van der Waals surface area contributed by atoms with Crippen LogP contribution in [0.5, 0.6) is 11.6 Å². The fourth-order valence-corrected chi connectivity index (χ4v) is 8.02. The second kappa shape index (κ2) is 16.1. The molecule has 3 aromatic carbocycles. The second-order valence-corrected chi connectivity index (χ2v) is 14.4. The Morgan fingerprint density at radius 1 is 0.750 bits per heavy atom. The Morgan fingerprint density at radius 3 is 2.06 bits per heavy atom. The molecule has 1 aliphatic carbocycles. The van der Waals surface area contributed by atoms with E-state index in [1.807, 2.05) is 48.5 Å². The summed E-state index contributed by atoms with van der Waals surface area (Å²) in [6.07, 6.45) is 6.90. The fraction of sp³-hybridized carbons (Fsp3) is 0.341. The highest BCUT2D eigenvalue weighted by molar-refractivity contribution is 6.38. The zero-order valence-corrected chi connectivity index (χ0v) is 30.9. The van der Waals surface area contributed by atoms with Gasteiger partial charge >= 0.3 is 0 Å². The van der Waals surface area contributed by atoms with Crippen LogP contribution < -0.4 is 30.7 Å². The molecule has 0 saturated carbocycles. The molecular formula is C41H43Cl2N5O4. The molecule has 3 aliphatic rings. The molecule has 0 radical (unpaired) electrons. The fourth-order valence-electron chi connectivity index (χ4n) is 7.41. The Morgan fingerprint density at radius 2 is 1.40 bits per heavy atom. The van der Waals surface area contributed by atoms with Crippen molar-refractivity contribution in [2.24, 2.45) is 0 Å². The van der Waals surface area contributed by atoms with E-state index in [0.29, 0.717) is 54.1 Å². The van der Waals surface area contributed by atoms with E-state index >= 15 is 0 Å². The predicted octanol–water partition coefficient (Wildman–Crippen LogP) is 6.96. The zero-order chi connectivity index (χ0) is 36.2. The summed E-state index contributed by atoms with van der Waals surface area (Å²) in [5, 5.41) is 14.1. The number of carbonyl (C=O) groups excluding carboxylic acids is 2. The molecule has 9 nitrogen and oxygen atoms in total. The van der Waals surface area contributed by atoms with Gasteiger partial charge in [0.05, 0.1) is 30.0 Å². The molecule has 1 aromatic heterocycles. The second-order valence-electron chi connectivity index (χ2n) is 13.6. The van der Waals surface area contributed by atoms with Gasteiger partial charge in [-0.05, 0) is 66.2 Å². The van der Waals surface area contributed by atoms with Crippen LogP contribution in [0.15, 0.2) is 60.7 Å². The number of halogens is 2. The summed E-state index contributed by atoms with van der Waals surface area (Å²) < 4.78 is 11.5. The van der Waals surface area contributed by atoms with E-state index in [1.165, 1.54) is 16.7 Å². The van der Waals surface area contributed by atoms with Crippen LogP contribution in [0.25, 0.3) is 34.0 Å². The van der Waals surface area contributed by atoms with Gasteiger partial charge in [0.2, 0.25) is 17.7 Å². The van der Waals surface area contributed by atoms with Crippen molar-refractivity contribution < 1.29 is 19.1 Å². The summed E-state index contributed by atoms with van der Waals surface area (Å²) in [6, 6.07) is 20.6. The van der Waals surface area contributed by atoms with Crippen molar-refractivity contribution in [2.45, 2.75) is 63.7 Å². The first-order valence-corrected chi connectivity index (χ1v) is 18.6. The Labute approximate surface area is 314 Å². The molecule has 0 bridgehead atoms. The molecule has 4 aromatic rings. The molecular weight excluding hydrogens is 697 g/mol. The number of aromatic nitrogens is 1. The molecule has 4 N–H and O–H groups in total. The molecule has 2 fully saturated rings. The predicted molar refractivity (Wildman–Crippen MR) is 207 cm³/mol. The smallest absolute Gasteiger partial charge is 0.220 e. The van der Waals surface area contributed by atoms with Gasteiger partial charge in [-0.2, -0.15) is 0 Å². The summed E-state index contributed by atoms with van der Waals surface area (Å²) in [7, 11) is 3.32. The Kier molecular flexibility index (Phi) is 11.1. The number of nitrogens with one attached hydrogen (secondary N) is 4. The quantitative estimate of drug-likeness (QED) is 0.117. The van der Waals surface area contributed by atoms with Gasteiger partial charge in [0.25, 0.3) is 0 Å². The number of hydrogen-bond acceptors (Lipinski definition) is 7. The van der Waals surface area contributed by atoms with Crippen molar-refractivity contribution >= 4 is 46.7 Å². The minimum absolute atomic E-state index is 0.105. The number of fused-ring (bicyclic) bond motifs is 1. The van der Waals surface area contributed by atoms with E-state index in [1.54, 1.807) is 14.2 Å². The van der Waals surface area contributed by atoms with Gasteiger partial charge in [-0.15, -0.1) is 0 Å². The number of rotatable bonds is 13. The maximum absolute atomic E-state index is 11.6. The molecule has 3 heterocycles. The van der Waals surface area contributed by atoms with Crippen molar-refractivity contribution in [1.82, 2.24) is 26.3 Å². The van der Waals surface area contributed by atoms with Crippen LogP contribution in [0.2, 0.25) is 10.0 Å². The number of pyridine rings is 1. The van der Waals surface area contributed by atoms with E-state index < -0.39 is 0 Å². The normalized spacial score (nSPS) is 18.8. The van der Waals surface area contributed by atoms with Crippen molar-refractivity contribution in [2.75, 3.05) is 27.3 Å². The average molecular weight is 741 g/mol. The lowest BCUT2D eigenvalue weighted by molar-refractivity contribution is -0.120. The molecule has 0 spiro atoms. The number of carbonyl (C=O) groups is 2. The molecule has 11 heteroatoms. The molecule has 2 atom stereocenters. The van der Waals surface area contributed by atoms with E-state index in [9.17, 15) is 9.59 Å². The van der Waals surface area contributed by atoms with E-state index in [2.05, 4.69) is 39.5 Å². The first-order valence-electron chi connectivity index (χ1n) is 17.8. The molecule has 2 saturated heterocycles. The number of hydrogen-bond donors (Lipinski definition) is 4. The first kappa shape index (κ1) is 36.0. The third-order valence-corrected chi connectivity index (χ3v) is 11.0. The monoisotopic (exact) mass is 739 g/mol. The van der Waals surface area contributed by atoms with Gasteiger partial charge < -0.3 is 30.7 Å². The molecule has 7 rings (SSSR count). The number of allylic oxidation sites excluding steroid dienone is 1. The van der Waals surface area contributed by atoms with Gasteiger partial charge in [0.1, 0.15) is 5.75 Å². The number of benzene rings is 3. The van der Waals surface area contributed by atoms with Crippen molar-refractivity contribution in [3.8, 4) is 34.0 Å². The summed E-state index contributed by atoms with van der Waals surface area (Å²) in [5.74, 6) is 1.59. The van der Waals surface area contributed by atoms with Gasteiger partial charge in [-0.1, -0.05) is 71.7 Å². The average Bonchev–Trinajstić information content (AvgIpc) is 3.88. The van der Waals surface area contributed by atoms with Crippen molar-refractivity contribution in [3.05, 3.63) is 98.5 Å². The van der Waals surface area contributed by atoms with E-state index in [-0.39, 0.29) is 23.9 Å².